The zero-order valence-electron chi connectivity index (χ0n) is 12.7. The van der Waals surface area contributed by atoms with Gasteiger partial charge in [-0.2, -0.15) is 9.78 Å². The lowest BCUT2D eigenvalue weighted by Crippen LogP contribution is -2.10. The molecule has 1 aromatic carbocycles. The molecule has 0 saturated carbocycles. The van der Waals surface area contributed by atoms with Gasteiger partial charge in [-0.05, 0) is 19.4 Å². The predicted molar refractivity (Wildman–Crippen MR) is 80.3 cm³/mol. The Labute approximate surface area is 124 Å². The Hall–Kier alpha value is -2.05. The van der Waals surface area contributed by atoms with Gasteiger partial charge in [0.25, 0.3) is 0 Å². The lowest BCUT2D eigenvalue weighted by molar-refractivity contribution is 0.101. The highest BCUT2D eigenvalue weighted by atomic mass is 16.5. The number of hydrogen-bond acceptors (Lipinski definition) is 5. The highest BCUT2D eigenvalue weighted by molar-refractivity contribution is 5.79. The third-order valence-electron chi connectivity index (χ3n) is 3.25. The van der Waals surface area contributed by atoms with Crippen LogP contribution in [-0.4, -0.2) is 35.3 Å². The summed E-state index contributed by atoms with van der Waals surface area (Å²) >= 11 is 0. The lowest BCUT2D eigenvalue weighted by Gasteiger charge is -2.12. The number of rotatable bonds is 6. The fraction of sp³-hybridized carbons (Fsp3) is 0.400. The van der Waals surface area contributed by atoms with Gasteiger partial charge in [0.05, 0.1) is 6.21 Å². The summed E-state index contributed by atoms with van der Waals surface area (Å²) in [6, 6.07) is 9.85. The molecule has 112 valence electrons. The maximum Gasteiger partial charge on any atom is 0.183 e. The van der Waals surface area contributed by atoms with Gasteiger partial charge in [0.2, 0.25) is 0 Å². The zero-order valence-corrected chi connectivity index (χ0v) is 12.7. The van der Waals surface area contributed by atoms with Crippen LogP contribution in [0.15, 0.2) is 35.4 Å². The Morgan fingerprint density at radius 3 is 2.00 bits per heavy atom. The molecule has 0 unspecified atom stereocenters. The van der Waals surface area contributed by atoms with E-state index in [1.807, 2.05) is 44.2 Å². The van der Waals surface area contributed by atoms with Gasteiger partial charge in [0, 0.05) is 14.2 Å². The molecular weight excluding hydrogens is 268 g/mol. The van der Waals surface area contributed by atoms with E-state index in [-0.39, 0.29) is 12.2 Å². The van der Waals surface area contributed by atoms with Gasteiger partial charge in [-0.15, -0.1) is 10.2 Å². The highest BCUT2D eigenvalue weighted by Crippen LogP contribution is 2.20. The van der Waals surface area contributed by atoms with Crippen molar-refractivity contribution in [3.63, 3.8) is 0 Å². The first-order chi connectivity index (χ1) is 10.2. The van der Waals surface area contributed by atoms with Crippen LogP contribution in [-0.2, 0) is 9.47 Å². The van der Waals surface area contributed by atoms with E-state index in [0.29, 0.717) is 11.6 Å². The summed E-state index contributed by atoms with van der Waals surface area (Å²) in [7, 11) is 3.26. The van der Waals surface area contributed by atoms with Crippen LogP contribution in [0.1, 0.15) is 43.3 Å². The summed E-state index contributed by atoms with van der Waals surface area (Å²) < 4.78 is 12.3. The maximum atomic E-state index is 5.32. The van der Waals surface area contributed by atoms with E-state index in [0.717, 1.165) is 5.56 Å². The summed E-state index contributed by atoms with van der Waals surface area (Å²) in [4.78, 5) is 0. The van der Waals surface area contributed by atoms with Crippen LogP contribution < -0.4 is 0 Å². The summed E-state index contributed by atoms with van der Waals surface area (Å²) in [5.41, 5.74) is 0.998. The molecule has 2 rings (SSSR count). The first-order valence-corrected chi connectivity index (χ1v) is 6.77. The normalized spacial score (nSPS) is 14.5. The lowest BCUT2D eigenvalue weighted by atomic mass is 10.2. The van der Waals surface area contributed by atoms with Crippen LogP contribution in [0.3, 0.4) is 0 Å². The number of nitrogens with zero attached hydrogens (tertiary/aromatic N) is 4. The Bertz CT molecular complexity index is 567. The van der Waals surface area contributed by atoms with Crippen LogP contribution in [0.5, 0.6) is 0 Å². The van der Waals surface area contributed by atoms with Crippen molar-refractivity contribution in [3.8, 4) is 0 Å². The average Bonchev–Trinajstić information content (AvgIpc) is 2.96. The van der Waals surface area contributed by atoms with Crippen LogP contribution in [0.2, 0.25) is 0 Å². The van der Waals surface area contributed by atoms with E-state index in [9.17, 15) is 0 Å². The number of benzene rings is 1. The number of aromatic nitrogens is 3. The fourth-order valence-electron chi connectivity index (χ4n) is 1.80. The highest BCUT2D eigenvalue weighted by Gasteiger charge is 2.20. The predicted octanol–water partition coefficient (Wildman–Crippen LogP) is 2.58. The standard InChI is InChI=1S/C15H20N4O2/c1-11(20-3)14-17-18-15(12(2)21-4)19(14)16-10-13-8-6-5-7-9-13/h5-12H,1-4H3/b16-10+/t11-,12-/m0/s1. The first kappa shape index (κ1) is 15.3. The second kappa shape index (κ2) is 7.10. The van der Waals surface area contributed by atoms with Crippen LogP contribution >= 0.6 is 0 Å². The van der Waals surface area contributed by atoms with Gasteiger partial charge in [-0.1, -0.05) is 30.3 Å². The van der Waals surface area contributed by atoms with Gasteiger partial charge < -0.3 is 9.47 Å². The van der Waals surface area contributed by atoms with Crippen LogP contribution in [0.4, 0.5) is 0 Å². The van der Waals surface area contributed by atoms with E-state index >= 15 is 0 Å². The molecule has 0 aliphatic heterocycles. The maximum absolute atomic E-state index is 5.32. The fourth-order valence-corrected chi connectivity index (χ4v) is 1.80. The molecule has 0 amide bonds. The summed E-state index contributed by atoms with van der Waals surface area (Å²) in [6.07, 6.45) is 1.35. The van der Waals surface area contributed by atoms with E-state index in [2.05, 4.69) is 15.3 Å². The molecule has 21 heavy (non-hydrogen) atoms. The van der Waals surface area contributed by atoms with E-state index in [1.165, 1.54) is 0 Å². The first-order valence-electron chi connectivity index (χ1n) is 6.77. The van der Waals surface area contributed by atoms with Crippen LogP contribution in [0.25, 0.3) is 0 Å². The third kappa shape index (κ3) is 3.53. The number of methoxy groups -OCH3 is 2. The van der Waals surface area contributed by atoms with Gasteiger partial charge in [0.1, 0.15) is 12.2 Å². The van der Waals surface area contributed by atoms with Crippen molar-refractivity contribution in [2.24, 2.45) is 5.10 Å². The molecule has 0 saturated heterocycles. The van der Waals surface area contributed by atoms with E-state index in [1.54, 1.807) is 25.1 Å². The summed E-state index contributed by atoms with van der Waals surface area (Å²) in [5, 5.41) is 12.8. The quantitative estimate of drug-likeness (QED) is 0.766. The second-order valence-electron chi connectivity index (χ2n) is 4.64. The van der Waals surface area contributed by atoms with Gasteiger partial charge in [-0.3, -0.25) is 0 Å². The van der Waals surface area contributed by atoms with Gasteiger partial charge in [0.15, 0.2) is 11.6 Å². The number of ether oxygens (including phenoxy) is 2. The molecule has 1 heterocycles. The summed E-state index contributed by atoms with van der Waals surface area (Å²) in [6.45, 7) is 3.81. The molecule has 0 bridgehead atoms. The Kier molecular flexibility index (Phi) is 5.19. The van der Waals surface area contributed by atoms with Crippen molar-refractivity contribution >= 4 is 6.21 Å². The second-order valence-corrected chi connectivity index (χ2v) is 4.64. The van der Waals surface area contributed by atoms with E-state index in [4.69, 9.17) is 9.47 Å². The van der Waals surface area contributed by atoms with E-state index < -0.39 is 0 Å². The Morgan fingerprint density at radius 2 is 1.52 bits per heavy atom. The number of hydrogen-bond donors (Lipinski definition) is 0. The third-order valence-corrected chi connectivity index (χ3v) is 3.25. The minimum atomic E-state index is -0.205. The monoisotopic (exact) mass is 288 g/mol. The topological polar surface area (TPSA) is 61.5 Å². The molecule has 2 atom stereocenters. The largest absolute Gasteiger partial charge is 0.374 e. The minimum absolute atomic E-state index is 0.205. The molecule has 6 nitrogen and oxygen atoms in total. The molecule has 6 heteroatoms. The SMILES string of the molecule is CO[C@@H](C)c1nnc([C@H](C)OC)n1/N=C/c1ccccc1. The van der Waals surface area contributed by atoms with Gasteiger partial charge >= 0.3 is 0 Å². The summed E-state index contributed by atoms with van der Waals surface area (Å²) in [5.74, 6) is 1.28. The molecule has 1 aromatic heterocycles. The smallest absolute Gasteiger partial charge is 0.183 e. The van der Waals surface area contributed by atoms with Crippen LogP contribution in [0, 0.1) is 0 Å². The molecule has 0 aliphatic carbocycles. The molecule has 0 spiro atoms. The molecule has 2 aromatic rings. The Balaban J connectivity index is 2.39. The van der Waals surface area contributed by atoms with Crippen molar-refractivity contribution < 1.29 is 9.47 Å². The van der Waals surface area contributed by atoms with Crippen molar-refractivity contribution in [3.05, 3.63) is 47.5 Å². The van der Waals surface area contributed by atoms with Crippen molar-refractivity contribution in [1.29, 1.82) is 0 Å². The molecule has 0 radical (unpaired) electrons. The van der Waals surface area contributed by atoms with Crippen molar-refractivity contribution in [2.75, 3.05) is 14.2 Å². The van der Waals surface area contributed by atoms with Gasteiger partial charge in [-0.25, -0.2) is 0 Å². The minimum Gasteiger partial charge on any atom is -0.374 e. The molecular formula is C15H20N4O2. The van der Waals surface area contributed by atoms with Crippen molar-refractivity contribution in [1.82, 2.24) is 14.9 Å². The molecule has 0 aliphatic rings. The molecule has 0 fully saturated rings. The average molecular weight is 288 g/mol. The van der Waals surface area contributed by atoms with Crippen molar-refractivity contribution in [2.45, 2.75) is 26.1 Å². The molecule has 0 N–H and O–H groups in total. The zero-order chi connectivity index (χ0) is 15.2. The Morgan fingerprint density at radius 1 is 1.00 bits per heavy atom.